The number of halogens is 2. The lowest BCUT2D eigenvalue weighted by Crippen LogP contribution is -2.12. The van der Waals surface area contributed by atoms with E-state index in [1.807, 2.05) is 0 Å². The first-order valence-corrected chi connectivity index (χ1v) is 7.14. The normalized spacial score (nSPS) is 10.5. The lowest BCUT2D eigenvalue weighted by atomic mass is 10.2. The molecule has 2 aromatic heterocycles. The topological polar surface area (TPSA) is 54.9 Å². The largest absolute Gasteiger partial charge is 0.298 e. The first-order chi connectivity index (χ1) is 10.6. The first kappa shape index (κ1) is 14.3. The summed E-state index contributed by atoms with van der Waals surface area (Å²) in [5, 5.41) is 4.72. The molecule has 3 rings (SSSR count). The van der Waals surface area contributed by atoms with Crippen molar-refractivity contribution < 1.29 is 13.6 Å². The van der Waals surface area contributed by atoms with Crippen molar-refractivity contribution >= 4 is 22.4 Å². The van der Waals surface area contributed by atoms with Crippen molar-refractivity contribution in [1.82, 2.24) is 9.97 Å². The maximum absolute atomic E-state index is 13.1. The molecule has 0 saturated heterocycles. The van der Waals surface area contributed by atoms with E-state index < -0.39 is 17.5 Å². The molecule has 0 aliphatic carbocycles. The number of pyridine rings is 1. The van der Waals surface area contributed by atoms with Crippen molar-refractivity contribution in [3.05, 3.63) is 65.3 Å². The van der Waals surface area contributed by atoms with Gasteiger partial charge in [0.1, 0.15) is 0 Å². The summed E-state index contributed by atoms with van der Waals surface area (Å²) in [5.74, 6) is -2.61. The molecular weight excluding hydrogens is 308 g/mol. The number of nitrogens with zero attached hydrogens (tertiary/aromatic N) is 2. The number of carbonyl (C=O) groups excluding carboxylic acids is 1. The highest BCUT2D eigenvalue weighted by Gasteiger charge is 2.12. The Morgan fingerprint density at radius 3 is 2.59 bits per heavy atom. The zero-order valence-corrected chi connectivity index (χ0v) is 11.9. The molecule has 0 fully saturated rings. The summed E-state index contributed by atoms with van der Waals surface area (Å²) in [6.45, 7) is 0. The Hall–Kier alpha value is -2.67. The minimum atomic E-state index is -1.07. The van der Waals surface area contributed by atoms with E-state index in [0.29, 0.717) is 10.8 Å². The molecule has 0 aliphatic heterocycles. The summed E-state index contributed by atoms with van der Waals surface area (Å²) in [5.41, 5.74) is 1.60. The van der Waals surface area contributed by atoms with Gasteiger partial charge in [0.15, 0.2) is 16.8 Å². The van der Waals surface area contributed by atoms with Crippen LogP contribution in [0.4, 0.5) is 13.9 Å². The van der Waals surface area contributed by atoms with Crippen LogP contribution in [0.25, 0.3) is 11.3 Å². The number of amides is 1. The van der Waals surface area contributed by atoms with Crippen molar-refractivity contribution in [2.45, 2.75) is 0 Å². The molecule has 0 aliphatic rings. The van der Waals surface area contributed by atoms with E-state index >= 15 is 0 Å². The number of anilines is 1. The number of nitrogens with one attached hydrogen (secondary N) is 1. The van der Waals surface area contributed by atoms with E-state index in [9.17, 15) is 13.6 Å². The second-order valence-electron chi connectivity index (χ2n) is 4.36. The van der Waals surface area contributed by atoms with Gasteiger partial charge in [-0.1, -0.05) is 0 Å². The Morgan fingerprint density at radius 2 is 1.86 bits per heavy atom. The third-order valence-electron chi connectivity index (χ3n) is 2.88. The first-order valence-electron chi connectivity index (χ1n) is 6.26. The van der Waals surface area contributed by atoms with Crippen LogP contribution in [-0.4, -0.2) is 15.9 Å². The molecule has 110 valence electrons. The summed E-state index contributed by atoms with van der Waals surface area (Å²) < 4.78 is 26.0. The number of hydrogen-bond donors (Lipinski definition) is 1. The molecule has 0 unspecified atom stereocenters. The lowest BCUT2D eigenvalue weighted by molar-refractivity contribution is 0.102. The third-order valence-corrected chi connectivity index (χ3v) is 3.64. The maximum atomic E-state index is 13.1. The molecule has 4 nitrogen and oxygen atoms in total. The molecule has 22 heavy (non-hydrogen) atoms. The van der Waals surface area contributed by atoms with Crippen molar-refractivity contribution in [3.8, 4) is 11.3 Å². The number of rotatable bonds is 3. The standard InChI is InChI=1S/C15H9F2N3OS/c16-11-2-1-10(7-12(11)17)14(21)20-15-19-13(8-22-15)9-3-5-18-6-4-9/h1-8H,(H,19,20,21). The van der Waals surface area contributed by atoms with Gasteiger partial charge in [-0.2, -0.15) is 0 Å². The van der Waals surface area contributed by atoms with Gasteiger partial charge >= 0.3 is 0 Å². The highest BCUT2D eigenvalue weighted by Crippen LogP contribution is 2.24. The fourth-order valence-corrected chi connectivity index (χ4v) is 2.51. The highest BCUT2D eigenvalue weighted by atomic mass is 32.1. The monoisotopic (exact) mass is 317 g/mol. The Labute approximate surface area is 128 Å². The maximum Gasteiger partial charge on any atom is 0.257 e. The lowest BCUT2D eigenvalue weighted by Gasteiger charge is -2.02. The van der Waals surface area contributed by atoms with Gasteiger partial charge < -0.3 is 0 Å². The van der Waals surface area contributed by atoms with Gasteiger partial charge in [0.25, 0.3) is 5.91 Å². The Morgan fingerprint density at radius 1 is 1.09 bits per heavy atom. The van der Waals surface area contributed by atoms with Crippen LogP contribution in [-0.2, 0) is 0 Å². The second-order valence-corrected chi connectivity index (χ2v) is 5.21. The van der Waals surface area contributed by atoms with Crippen LogP contribution in [0.5, 0.6) is 0 Å². The highest BCUT2D eigenvalue weighted by molar-refractivity contribution is 7.14. The summed E-state index contributed by atoms with van der Waals surface area (Å²) in [6.07, 6.45) is 3.29. The molecule has 7 heteroatoms. The number of carbonyl (C=O) groups is 1. The molecule has 0 atom stereocenters. The van der Waals surface area contributed by atoms with Crippen LogP contribution < -0.4 is 5.32 Å². The van der Waals surface area contributed by atoms with Crippen molar-refractivity contribution in [2.24, 2.45) is 0 Å². The molecular formula is C15H9F2N3OS. The summed E-state index contributed by atoms with van der Waals surface area (Å²) >= 11 is 1.24. The van der Waals surface area contributed by atoms with Gasteiger partial charge in [-0.05, 0) is 30.3 Å². The number of thiazole rings is 1. The second kappa shape index (κ2) is 5.98. The number of hydrogen-bond acceptors (Lipinski definition) is 4. The Bertz CT molecular complexity index is 821. The predicted octanol–water partition coefficient (Wildman–Crippen LogP) is 3.74. The molecule has 0 radical (unpaired) electrons. The molecule has 1 N–H and O–H groups in total. The zero-order valence-electron chi connectivity index (χ0n) is 11.1. The summed E-state index contributed by atoms with van der Waals surface area (Å²) in [4.78, 5) is 20.2. The average molecular weight is 317 g/mol. The van der Waals surface area contributed by atoms with Gasteiger partial charge in [0.05, 0.1) is 5.69 Å². The van der Waals surface area contributed by atoms with E-state index in [1.54, 1.807) is 29.9 Å². The number of aromatic nitrogens is 2. The van der Waals surface area contributed by atoms with Crippen molar-refractivity contribution in [3.63, 3.8) is 0 Å². The fourth-order valence-electron chi connectivity index (χ4n) is 1.79. The zero-order chi connectivity index (χ0) is 15.5. The predicted molar refractivity (Wildman–Crippen MR) is 79.7 cm³/mol. The van der Waals surface area contributed by atoms with Crippen LogP contribution in [0.3, 0.4) is 0 Å². The molecule has 1 amide bonds. The van der Waals surface area contributed by atoms with E-state index in [2.05, 4.69) is 15.3 Å². The Balaban J connectivity index is 1.77. The summed E-state index contributed by atoms with van der Waals surface area (Å²) in [6, 6.07) is 6.58. The SMILES string of the molecule is O=C(Nc1nc(-c2ccncc2)cs1)c1ccc(F)c(F)c1. The van der Waals surface area contributed by atoms with E-state index in [-0.39, 0.29) is 5.56 Å². The molecule has 0 saturated carbocycles. The van der Waals surface area contributed by atoms with E-state index in [0.717, 1.165) is 17.7 Å². The smallest absolute Gasteiger partial charge is 0.257 e. The van der Waals surface area contributed by atoms with Gasteiger partial charge in [0.2, 0.25) is 0 Å². The average Bonchev–Trinajstić information content (AvgIpc) is 2.99. The number of benzene rings is 1. The van der Waals surface area contributed by atoms with Crippen LogP contribution in [0.1, 0.15) is 10.4 Å². The van der Waals surface area contributed by atoms with Crippen LogP contribution in [0.15, 0.2) is 48.1 Å². The van der Waals surface area contributed by atoms with Gasteiger partial charge in [-0.25, -0.2) is 13.8 Å². The minimum Gasteiger partial charge on any atom is -0.298 e. The van der Waals surface area contributed by atoms with E-state index in [1.165, 1.54) is 17.4 Å². The van der Waals surface area contributed by atoms with Crippen molar-refractivity contribution in [1.29, 1.82) is 0 Å². The van der Waals surface area contributed by atoms with Gasteiger partial charge in [-0.15, -0.1) is 11.3 Å². The molecule has 0 bridgehead atoms. The molecule has 0 spiro atoms. The molecule has 1 aromatic carbocycles. The third kappa shape index (κ3) is 2.99. The van der Waals surface area contributed by atoms with Crippen LogP contribution >= 0.6 is 11.3 Å². The van der Waals surface area contributed by atoms with Crippen molar-refractivity contribution in [2.75, 3.05) is 5.32 Å². The fraction of sp³-hybridized carbons (Fsp3) is 0. The Kier molecular flexibility index (Phi) is 3.88. The van der Waals surface area contributed by atoms with Crippen LogP contribution in [0, 0.1) is 11.6 Å². The summed E-state index contributed by atoms with van der Waals surface area (Å²) in [7, 11) is 0. The molecule has 3 aromatic rings. The molecule has 2 heterocycles. The minimum absolute atomic E-state index is 0.0274. The van der Waals surface area contributed by atoms with Crippen LogP contribution in [0.2, 0.25) is 0 Å². The quantitative estimate of drug-likeness (QED) is 0.800. The van der Waals surface area contributed by atoms with E-state index in [4.69, 9.17) is 0 Å². The van der Waals surface area contributed by atoms with Gasteiger partial charge in [-0.3, -0.25) is 15.1 Å². The van der Waals surface area contributed by atoms with Gasteiger partial charge in [0, 0.05) is 28.9 Å².